The largest absolute Gasteiger partial charge is 0.457 e. The van der Waals surface area contributed by atoms with Crippen LogP contribution in [0.1, 0.15) is 31.2 Å². The summed E-state index contributed by atoms with van der Waals surface area (Å²) in [4.78, 5) is 25.4. The van der Waals surface area contributed by atoms with E-state index in [0.29, 0.717) is 16.0 Å². The van der Waals surface area contributed by atoms with Crippen LogP contribution in [-0.2, 0) is 11.3 Å². The molecule has 3 rings (SSSR count). The highest BCUT2D eigenvalue weighted by Gasteiger charge is 2.13. The zero-order chi connectivity index (χ0) is 16.6. The van der Waals surface area contributed by atoms with E-state index in [1.165, 1.54) is 17.4 Å². The Labute approximate surface area is 137 Å². The van der Waals surface area contributed by atoms with Crippen molar-refractivity contribution in [2.24, 2.45) is 0 Å². The molecule has 4 nitrogen and oxygen atoms in total. The summed E-state index contributed by atoms with van der Waals surface area (Å²) in [5.41, 5.74) is 2.86. The Bertz CT molecular complexity index is 949. The fourth-order valence-electron chi connectivity index (χ4n) is 2.36. The van der Waals surface area contributed by atoms with Crippen LogP contribution in [0.5, 0.6) is 0 Å². The summed E-state index contributed by atoms with van der Waals surface area (Å²) >= 11 is 1.39. The summed E-state index contributed by atoms with van der Waals surface area (Å²) in [5.74, 6) is -0.381. The van der Waals surface area contributed by atoms with Gasteiger partial charge in [-0.3, -0.25) is 0 Å². The SMILES string of the molecule is Cc1ccc(C(=O)OCc2cc(=O)oc3cc(C)c(C)cc23)s1. The van der Waals surface area contributed by atoms with Gasteiger partial charge in [-0.05, 0) is 56.2 Å². The van der Waals surface area contributed by atoms with E-state index in [0.717, 1.165) is 21.4 Å². The number of benzene rings is 1. The van der Waals surface area contributed by atoms with Crippen LogP contribution in [-0.4, -0.2) is 5.97 Å². The van der Waals surface area contributed by atoms with Crippen molar-refractivity contribution < 1.29 is 13.9 Å². The third kappa shape index (κ3) is 3.19. The molecule has 118 valence electrons. The molecule has 5 heteroatoms. The van der Waals surface area contributed by atoms with Gasteiger partial charge in [0.25, 0.3) is 0 Å². The summed E-state index contributed by atoms with van der Waals surface area (Å²) in [6, 6.07) is 8.78. The standard InChI is InChI=1S/C18H16O4S/c1-10-6-14-13(8-17(19)22-15(14)7-11(10)2)9-21-18(20)16-5-4-12(3)23-16/h4-8H,9H2,1-3H3. The highest BCUT2D eigenvalue weighted by Crippen LogP contribution is 2.23. The second kappa shape index (κ2) is 6.01. The lowest BCUT2D eigenvalue weighted by Crippen LogP contribution is -2.07. The first-order valence-electron chi connectivity index (χ1n) is 7.21. The molecule has 0 aliphatic rings. The predicted molar refractivity (Wildman–Crippen MR) is 90.1 cm³/mol. The average molecular weight is 328 g/mol. The van der Waals surface area contributed by atoms with Gasteiger partial charge in [-0.25, -0.2) is 9.59 Å². The van der Waals surface area contributed by atoms with Gasteiger partial charge in [-0.1, -0.05) is 0 Å². The number of carbonyl (C=O) groups is 1. The topological polar surface area (TPSA) is 56.5 Å². The summed E-state index contributed by atoms with van der Waals surface area (Å²) in [5, 5.41) is 0.794. The van der Waals surface area contributed by atoms with Crippen molar-refractivity contribution in [3.8, 4) is 0 Å². The molecular weight excluding hydrogens is 312 g/mol. The molecule has 3 aromatic rings. The second-order valence-corrected chi connectivity index (χ2v) is 6.80. The molecule has 1 aromatic carbocycles. The molecule has 0 amide bonds. The molecular formula is C18H16O4S. The zero-order valence-electron chi connectivity index (χ0n) is 13.1. The van der Waals surface area contributed by atoms with Crippen molar-refractivity contribution in [3.05, 3.63) is 67.2 Å². The molecule has 0 aliphatic carbocycles. The molecule has 0 unspecified atom stereocenters. The van der Waals surface area contributed by atoms with Crippen LogP contribution in [0.2, 0.25) is 0 Å². The van der Waals surface area contributed by atoms with E-state index >= 15 is 0 Å². The van der Waals surface area contributed by atoms with E-state index in [2.05, 4.69) is 0 Å². The van der Waals surface area contributed by atoms with E-state index in [4.69, 9.17) is 9.15 Å². The lowest BCUT2D eigenvalue weighted by molar-refractivity contribution is 0.0479. The highest BCUT2D eigenvalue weighted by molar-refractivity contribution is 7.13. The van der Waals surface area contributed by atoms with Gasteiger partial charge in [-0.15, -0.1) is 11.3 Å². The van der Waals surface area contributed by atoms with Gasteiger partial charge >= 0.3 is 11.6 Å². The van der Waals surface area contributed by atoms with Gasteiger partial charge < -0.3 is 9.15 Å². The van der Waals surface area contributed by atoms with E-state index in [-0.39, 0.29) is 12.6 Å². The lowest BCUT2D eigenvalue weighted by atomic mass is 10.0. The molecule has 0 spiro atoms. The number of hydrogen-bond acceptors (Lipinski definition) is 5. The van der Waals surface area contributed by atoms with Gasteiger partial charge in [0.2, 0.25) is 0 Å². The maximum Gasteiger partial charge on any atom is 0.348 e. The Hall–Kier alpha value is -2.40. The normalized spacial score (nSPS) is 10.9. The van der Waals surface area contributed by atoms with E-state index in [9.17, 15) is 9.59 Å². The molecule has 0 atom stereocenters. The second-order valence-electron chi connectivity index (χ2n) is 5.51. The van der Waals surface area contributed by atoms with Crippen molar-refractivity contribution in [1.29, 1.82) is 0 Å². The van der Waals surface area contributed by atoms with Crippen molar-refractivity contribution in [3.63, 3.8) is 0 Å². The van der Waals surface area contributed by atoms with Crippen molar-refractivity contribution in [2.75, 3.05) is 0 Å². The smallest absolute Gasteiger partial charge is 0.348 e. The molecule has 0 fully saturated rings. The minimum absolute atomic E-state index is 0.0420. The number of ether oxygens (including phenoxy) is 1. The number of rotatable bonds is 3. The molecule has 0 bridgehead atoms. The van der Waals surface area contributed by atoms with Crippen LogP contribution in [0.25, 0.3) is 11.0 Å². The van der Waals surface area contributed by atoms with Gasteiger partial charge in [-0.2, -0.15) is 0 Å². The molecule has 0 N–H and O–H groups in total. The van der Waals surface area contributed by atoms with Crippen molar-refractivity contribution >= 4 is 28.3 Å². The molecule has 2 heterocycles. The minimum Gasteiger partial charge on any atom is -0.457 e. The Morgan fingerprint density at radius 1 is 1.13 bits per heavy atom. The summed E-state index contributed by atoms with van der Waals surface area (Å²) in [7, 11) is 0. The number of hydrogen-bond donors (Lipinski definition) is 0. The van der Waals surface area contributed by atoms with E-state index in [1.54, 1.807) is 6.07 Å². The van der Waals surface area contributed by atoms with Gasteiger partial charge in [0.15, 0.2) is 0 Å². The van der Waals surface area contributed by atoms with E-state index in [1.807, 2.05) is 39.0 Å². The lowest BCUT2D eigenvalue weighted by Gasteiger charge is -2.08. The zero-order valence-corrected chi connectivity index (χ0v) is 14.0. The molecule has 2 aromatic heterocycles. The minimum atomic E-state index is -0.446. The van der Waals surface area contributed by atoms with Crippen LogP contribution < -0.4 is 5.63 Å². The van der Waals surface area contributed by atoms with Crippen LogP contribution in [0.15, 0.2) is 39.5 Å². The van der Waals surface area contributed by atoms with Gasteiger partial charge in [0.05, 0.1) is 0 Å². The average Bonchev–Trinajstić information content (AvgIpc) is 2.93. The molecule has 0 radical (unpaired) electrons. The van der Waals surface area contributed by atoms with E-state index < -0.39 is 5.63 Å². The van der Waals surface area contributed by atoms with Crippen LogP contribution in [0, 0.1) is 20.8 Å². The molecule has 0 saturated heterocycles. The number of fused-ring (bicyclic) bond motifs is 1. The first kappa shape index (κ1) is 15.5. The maximum absolute atomic E-state index is 12.1. The number of aryl methyl sites for hydroxylation is 3. The summed E-state index contributed by atoms with van der Waals surface area (Å²) in [6.07, 6.45) is 0. The number of thiophene rings is 1. The Morgan fingerprint density at radius 2 is 1.87 bits per heavy atom. The van der Waals surface area contributed by atoms with Crippen LogP contribution >= 0.6 is 11.3 Å². The fourth-order valence-corrected chi connectivity index (χ4v) is 3.12. The number of carbonyl (C=O) groups excluding carboxylic acids is 1. The Balaban J connectivity index is 1.92. The van der Waals surface area contributed by atoms with Gasteiger partial charge in [0, 0.05) is 21.9 Å². The van der Waals surface area contributed by atoms with Crippen LogP contribution in [0.4, 0.5) is 0 Å². The molecule has 0 aliphatic heterocycles. The quantitative estimate of drug-likeness (QED) is 0.536. The first-order chi connectivity index (χ1) is 10.9. The maximum atomic E-state index is 12.1. The number of esters is 1. The van der Waals surface area contributed by atoms with Crippen molar-refractivity contribution in [1.82, 2.24) is 0 Å². The highest BCUT2D eigenvalue weighted by atomic mass is 32.1. The first-order valence-corrected chi connectivity index (χ1v) is 8.03. The summed E-state index contributed by atoms with van der Waals surface area (Å²) in [6.45, 7) is 5.92. The third-order valence-electron chi connectivity index (χ3n) is 3.74. The Kier molecular flexibility index (Phi) is 4.05. The van der Waals surface area contributed by atoms with Crippen molar-refractivity contribution in [2.45, 2.75) is 27.4 Å². The Morgan fingerprint density at radius 3 is 2.57 bits per heavy atom. The van der Waals surface area contributed by atoms with Gasteiger partial charge in [0.1, 0.15) is 17.1 Å². The third-order valence-corrected chi connectivity index (χ3v) is 4.73. The molecule has 23 heavy (non-hydrogen) atoms. The predicted octanol–water partition coefficient (Wildman–Crippen LogP) is 4.14. The fraction of sp³-hybridized carbons (Fsp3) is 0.222. The molecule has 0 saturated carbocycles. The monoisotopic (exact) mass is 328 g/mol. The van der Waals surface area contributed by atoms with Crippen LogP contribution in [0.3, 0.4) is 0 Å². The summed E-state index contributed by atoms with van der Waals surface area (Å²) < 4.78 is 10.6.